The molecular formula is C16H17F2NO2. The van der Waals surface area contributed by atoms with E-state index in [2.05, 4.69) is 0 Å². The summed E-state index contributed by atoms with van der Waals surface area (Å²) in [5, 5.41) is 0. The molecule has 3 nitrogen and oxygen atoms in total. The molecule has 1 unspecified atom stereocenters. The maximum Gasteiger partial charge on any atom is 0.163 e. The van der Waals surface area contributed by atoms with Crippen LogP contribution in [0.1, 0.15) is 22.7 Å². The number of benzene rings is 2. The van der Waals surface area contributed by atoms with Crippen molar-refractivity contribution in [3.63, 3.8) is 0 Å². The molecule has 0 saturated heterocycles. The van der Waals surface area contributed by atoms with Gasteiger partial charge < -0.3 is 15.2 Å². The quantitative estimate of drug-likeness (QED) is 0.940. The van der Waals surface area contributed by atoms with E-state index in [1.165, 1.54) is 32.4 Å². The smallest absolute Gasteiger partial charge is 0.163 e. The van der Waals surface area contributed by atoms with Gasteiger partial charge in [-0.1, -0.05) is 12.1 Å². The zero-order chi connectivity index (χ0) is 15.6. The summed E-state index contributed by atoms with van der Waals surface area (Å²) in [5.74, 6) is -0.134. The van der Waals surface area contributed by atoms with Crippen LogP contribution in [0.5, 0.6) is 11.5 Å². The number of rotatable bonds is 4. The van der Waals surface area contributed by atoms with E-state index in [1.54, 1.807) is 19.1 Å². The van der Waals surface area contributed by atoms with Crippen LogP contribution in [0.2, 0.25) is 0 Å². The highest BCUT2D eigenvalue weighted by Gasteiger charge is 2.18. The molecule has 0 saturated carbocycles. The Morgan fingerprint density at radius 1 is 0.952 bits per heavy atom. The number of hydrogen-bond acceptors (Lipinski definition) is 3. The first kappa shape index (κ1) is 15.3. The van der Waals surface area contributed by atoms with Gasteiger partial charge in [0.05, 0.1) is 20.3 Å². The molecule has 2 aromatic carbocycles. The van der Waals surface area contributed by atoms with E-state index in [9.17, 15) is 8.78 Å². The molecule has 0 radical (unpaired) electrons. The molecule has 5 heteroatoms. The van der Waals surface area contributed by atoms with Gasteiger partial charge in [0.2, 0.25) is 0 Å². The number of halogens is 2. The second kappa shape index (κ2) is 6.10. The monoisotopic (exact) mass is 293 g/mol. The van der Waals surface area contributed by atoms with Crippen molar-refractivity contribution in [2.45, 2.75) is 13.0 Å². The number of aryl methyl sites for hydroxylation is 1. The summed E-state index contributed by atoms with van der Waals surface area (Å²) >= 11 is 0. The van der Waals surface area contributed by atoms with Gasteiger partial charge >= 0.3 is 0 Å². The van der Waals surface area contributed by atoms with E-state index in [1.807, 2.05) is 0 Å². The lowest BCUT2D eigenvalue weighted by Crippen LogP contribution is -2.14. The minimum absolute atomic E-state index is 0.263. The molecule has 2 rings (SSSR count). The topological polar surface area (TPSA) is 44.5 Å². The summed E-state index contributed by atoms with van der Waals surface area (Å²) in [5.41, 5.74) is 7.44. The largest absolute Gasteiger partial charge is 0.493 e. The molecule has 0 heterocycles. The number of hydrogen-bond donors (Lipinski definition) is 1. The van der Waals surface area contributed by atoms with Gasteiger partial charge in [0, 0.05) is 11.6 Å². The number of methoxy groups -OCH3 is 2. The molecule has 0 aliphatic heterocycles. The third kappa shape index (κ3) is 2.97. The molecular weight excluding hydrogens is 276 g/mol. The second-order valence-electron chi connectivity index (χ2n) is 4.71. The van der Waals surface area contributed by atoms with Crippen molar-refractivity contribution >= 4 is 0 Å². The SMILES string of the molecule is COc1cc(F)c(C(N)c2ccc(F)c(C)c2)cc1OC. The molecule has 2 aromatic rings. The fourth-order valence-electron chi connectivity index (χ4n) is 2.15. The highest BCUT2D eigenvalue weighted by molar-refractivity contribution is 5.47. The van der Waals surface area contributed by atoms with E-state index >= 15 is 0 Å². The van der Waals surface area contributed by atoms with Gasteiger partial charge in [0.25, 0.3) is 0 Å². The Morgan fingerprint density at radius 2 is 1.57 bits per heavy atom. The Morgan fingerprint density at radius 3 is 2.14 bits per heavy atom. The highest BCUT2D eigenvalue weighted by atomic mass is 19.1. The van der Waals surface area contributed by atoms with Gasteiger partial charge in [-0.3, -0.25) is 0 Å². The van der Waals surface area contributed by atoms with Crippen LogP contribution in [-0.4, -0.2) is 14.2 Å². The summed E-state index contributed by atoms with van der Waals surface area (Å²) in [6, 6.07) is 6.48. The summed E-state index contributed by atoms with van der Waals surface area (Å²) in [6.45, 7) is 1.64. The summed E-state index contributed by atoms with van der Waals surface area (Å²) in [7, 11) is 2.90. The summed E-state index contributed by atoms with van der Waals surface area (Å²) in [4.78, 5) is 0. The van der Waals surface area contributed by atoms with Gasteiger partial charge in [0.15, 0.2) is 11.5 Å². The molecule has 2 N–H and O–H groups in total. The van der Waals surface area contributed by atoms with Crippen molar-refractivity contribution in [3.05, 3.63) is 58.7 Å². The highest BCUT2D eigenvalue weighted by Crippen LogP contribution is 2.33. The van der Waals surface area contributed by atoms with Crippen LogP contribution in [0.4, 0.5) is 8.78 Å². The van der Waals surface area contributed by atoms with E-state index in [0.29, 0.717) is 22.6 Å². The van der Waals surface area contributed by atoms with Crippen molar-refractivity contribution < 1.29 is 18.3 Å². The molecule has 0 aliphatic rings. The van der Waals surface area contributed by atoms with Gasteiger partial charge in [-0.05, 0) is 30.2 Å². The molecule has 0 fully saturated rings. The Bertz CT molecular complexity index is 659. The Balaban J connectivity index is 2.47. The Hall–Kier alpha value is -2.14. The predicted octanol–water partition coefficient (Wildman–Crippen LogP) is 3.34. The minimum Gasteiger partial charge on any atom is -0.493 e. The number of nitrogens with two attached hydrogens (primary N) is 1. The van der Waals surface area contributed by atoms with Crippen LogP contribution in [0, 0.1) is 18.6 Å². The van der Waals surface area contributed by atoms with E-state index in [4.69, 9.17) is 15.2 Å². The van der Waals surface area contributed by atoms with E-state index < -0.39 is 11.9 Å². The molecule has 112 valence electrons. The molecule has 0 spiro atoms. The van der Waals surface area contributed by atoms with E-state index in [0.717, 1.165) is 0 Å². The lowest BCUT2D eigenvalue weighted by molar-refractivity contribution is 0.351. The Labute approximate surface area is 122 Å². The lowest BCUT2D eigenvalue weighted by atomic mass is 9.97. The van der Waals surface area contributed by atoms with Gasteiger partial charge in [-0.2, -0.15) is 0 Å². The van der Waals surface area contributed by atoms with Crippen molar-refractivity contribution in [1.82, 2.24) is 0 Å². The maximum atomic E-state index is 14.2. The zero-order valence-electron chi connectivity index (χ0n) is 12.1. The third-order valence-electron chi connectivity index (χ3n) is 3.38. The standard InChI is InChI=1S/C16H17F2NO2/c1-9-6-10(4-5-12(9)17)16(19)11-7-14(20-2)15(21-3)8-13(11)18/h4-8,16H,19H2,1-3H3. The third-order valence-corrected chi connectivity index (χ3v) is 3.38. The van der Waals surface area contributed by atoms with Crippen molar-refractivity contribution in [1.29, 1.82) is 0 Å². The summed E-state index contributed by atoms with van der Waals surface area (Å²) < 4.78 is 37.7. The maximum absolute atomic E-state index is 14.2. The molecule has 0 aromatic heterocycles. The van der Waals surface area contributed by atoms with Crippen LogP contribution >= 0.6 is 0 Å². The second-order valence-corrected chi connectivity index (χ2v) is 4.71. The fourth-order valence-corrected chi connectivity index (χ4v) is 2.15. The average molecular weight is 293 g/mol. The first-order chi connectivity index (χ1) is 9.97. The molecule has 0 aliphatic carbocycles. The lowest BCUT2D eigenvalue weighted by Gasteiger charge is -2.17. The van der Waals surface area contributed by atoms with E-state index in [-0.39, 0.29) is 11.4 Å². The van der Waals surface area contributed by atoms with Gasteiger partial charge in [0.1, 0.15) is 11.6 Å². The van der Waals surface area contributed by atoms with Crippen LogP contribution in [-0.2, 0) is 0 Å². The van der Waals surface area contributed by atoms with Crippen LogP contribution in [0.25, 0.3) is 0 Å². The molecule has 21 heavy (non-hydrogen) atoms. The predicted molar refractivity (Wildman–Crippen MR) is 76.7 cm³/mol. The van der Waals surface area contributed by atoms with Gasteiger partial charge in [-0.25, -0.2) is 8.78 Å². The molecule has 1 atom stereocenters. The first-order valence-electron chi connectivity index (χ1n) is 6.41. The van der Waals surface area contributed by atoms with Crippen molar-refractivity contribution in [3.8, 4) is 11.5 Å². The van der Waals surface area contributed by atoms with Crippen molar-refractivity contribution in [2.24, 2.45) is 5.73 Å². The molecule has 0 bridgehead atoms. The fraction of sp³-hybridized carbons (Fsp3) is 0.250. The average Bonchev–Trinajstić information content (AvgIpc) is 2.49. The van der Waals surface area contributed by atoms with Crippen LogP contribution < -0.4 is 15.2 Å². The van der Waals surface area contributed by atoms with Gasteiger partial charge in [-0.15, -0.1) is 0 Å². The number of ether oxygens (including phenoxy) is 2. The van der Waals surface area contributed by atoms with Crippen molar-refractivity contribution in [2.75, 3.05) is 14.2 Å². The molecule has 0 amide bonds. The normalized spacial score (nSPS) is 12.1. The minimum atomic E-state index is -0.718. The van der Waals surface area contributed by atoms with Crippen LogP contribution in [0.3, 0.4) is 0 Å². The first-order valence-corrected chi connectivity index (χ1v) is 6.41. The Kier molecular flexibility index (Phi) is 4.43. The summed E-state index contributed by atoms with van der Waals surface area (Å²) in [6.07, 6.45) is 0. The zero-order valence-corrected chi connectivity index (χ0v) is 12.1. The van der Waals surface area contributed by atoms with Crippen LogP contribution in [0.15, 0.2) is 30.3 Å².